The molecule has 2 heterocycles. The number of rotatable bonds is 4. The van der Waals surface area contributed by atoms with Crippen LogP contribution in [0.5, 0.6) is 0 Å². The third-order valence-electron chi connectivity index (χ3n) is 3.90. The highest BCUT2D eigenvalue weighted by Crippen LogP contribution is 2.19. The Labute approximate surface area is 113 Å². The summed E-state index contributed by atoms with van der Waals surface area (Å²) in [5.41, 5.74) is 2.54. The van der Waals surface area contributed by atoms with E-state index >= 15 is 0 Å². The van der Waals surface area contributed by atoms with E-state index in [9.17, 15) is 5.11 Å². The van der Waals surface area contributed by atoms with Crippen LogP contribution in [0.1, 0.15) is 5.56 Å². The SMILES string of the molecule is OCC1COCCN1CCc1c[nH]c2ccccc12. The molecule has 4 heteroatoms. The number of benzene rings is 1. The number of aromatic amines is 1. The van der Waals surface area contributed by atoms with Gasteiger partial charge in [0.25, 0.3) is 0 Å². The first kappa shape index (κ1) is 12.7. The molecule has 1 fully saturated rings. The van der Waals surface area contributed by atoms with Gasteiger partial charge in [0.05, 0.1) is 25.9 Å². The molecule has 4 nitrogen and oxygen atoms in total. The van der Waals surface area contributed by atoms with Gasteiger partial charge in [0.2, 0.25) is 0 Å². The van der Waals surface area contributed by atoms with E-state index < -0.39 is 0 Å². The second kappa shape index (κ2) is 5.74. The topological polar surface area (TPSA) is 48.5 Å². The Morgan fingerprint density at radius 3 is 3.16 bits per heavy atom. The molecule has 19 heavy (non-hydrogen) atoms. The molecule has 1 aliphatic rings. The molecule has 2 N–H and O–H groups in total. The minimum atomic E-state index is 0.152. The lowest BCUT2D eigenvalue weighted by molar-refractivity contribution is -0.0267. The van der Waals surface area contributed by atoms with Crippen LogP contribution in [0.15, 0.2) is 30.5 Å². The molecule has 1 saturated heterocycles. The molecular weight excluding hydrogens is 240 g/mol. The van der Waals surface area contributed by atoms with E-state index in [1.807, 2.05) is 6.07 Å². The maximum absolute atomic E-state index is 9.36. The van der Waals surface area contributed by atoms with E-state index in [4.69, 9.17) is 4.74 Å². The third-order valence-corrected chi connectivity index (χ3v) is 3.90. The van der Waals surface area contributed by atoms with Gasteiger partial charge in [-0.1, -0.05) is 18.2 Å². The van der Waals surface area contributed by atoms with Crippen molar-refractivity contribution < 1.29 is 9.84 Å². The van der Waals surface area contributed by atoms with E-state index in [0.717, 1.165) is 26.1 Å². The van der Waals surface area contributed by atoms with Gasteiger partial charge in [-0.05, 0) is 18.1 Å². The number of aliphatic hydroxyl groups is 1. The zero-order valence-electron chi connectivity index (χ0n) is 11.0. The third kappa shape index (κ3) is 2.66. The smallest absolute Gasteiger partial charge is 0.0644 e. The fraction of sp³-hybridized carbons (Fsp3) is 0.467. The van der Waals surface area contributed by atoms with Gasteiger partial charge in [-0.15, -0.1) is 0 Å². The fourth-order valence-corrected chi connectivity index (χ4v) is 2.75. The number of aromatic nitrogens is 1. The second-order valence-corrected chi connectivity index (χ2v) is 5.06. The summed E-state index contributed by atoms with van der Waals surface area (Å²) in [6.45, 7) is 3.46. The molecule has 1 aromatic heterocycles. The quantitative estimate of drug-likeness (QED) is 0.873. The van der Waals surface area contributed by atoms with Gasteiger partial charge >= 0.3 is 0 Å². The summed E-state index contributed by atoms with van der Waals surface area (Å²) in [6, 6.07) is 8.53. The Bertz CT molecular complexity index is 538. The molecular formula is C15H20N2O2. The zero-order valence-corrected chi connectivity index (χ0v) is 11.0. The summed E-state index contributed by atoms with van der Waals surface area (Å²) in [6.07, 6.45) is 3.10. The van der Waals surface area contributed by atoms with Crippen LogP contribution >= 0.6 is 0 Å². The van der Waals surface area contributed by atoms with E-state index in [0.29, 0.717) is 6.61 Å². The lowest BCUT2D eigenvalue weighted by Crippen LogP contribution is -2.48. The Balaban J connectivity index is 1.68. The Morgan fingerprint density at radius 2 is 2.26 bits per heavy atom. The average molecular weight is 260 g/mol. The van der Waals surface area contributed by atoms with E-state index in [1.54, 1.807) is 0 Å². The summed E-state index contributed by atoms with van der Waals surface area (Å²) in [7, 11) is 0. The van der Waals surface area contributed by atoms with Crippen molar-refractivity contribution in [2.75, 3.05) is 32.9 Å². The summed E-state index contributed by atoms with van der Waals surface area (Å²) < 4.78 is 5.40. The molecule has 3 rings (SSSR count). The number of hydrogen-bond acceptors (Lipinski definition) is 3. The average Bonchev–Trinajstić information content (AvgIpc) is 2.89. The lowest BCUT2D eigenvalue weighted by atomic mass is 10.1. The molecule has 0 spiro atoms. The van der Waals surface area contributed by atoms with Crippen molar-refractivity contribution in [1.29, 1.82) is 0 Å². The number of fused-ring (bicyclic) bond motifs is 1. The molecule has 1 aliphatic heterocycles. The van der Waals surface area contributed by atoms with Gasteiger partial charge in [-0.3, -0.25) is 4.90 Å². The van der Waals surface area contributed by atoms with Crippen molar-refractivity contribution in [2.24, 2.45) is 0 Å². The molecule has 102 valence electrons. The summed E-state index contributed by atoms with van der Waals surface area (Å²) in [5, 5.41) is 10.7. The van der Waals surface area contributed by atoms with E-state index in [1.165, 1.54) is 16.5 Å². The normalized spacial score (nSPS) is 21.0. The largest absolute Gasteiger partial charge is 0.395 e. The molecule has 0 radical (unpaired) electrons. The second-order valence-electron chi connectivity index (χ2n) is 5.06. The summed E-state index contributed by atoms with van der Waals surface area (Å²) in [4.78, 5) is 5.63. The van der Waals surface area contributed by atoms with Crippen molar-refractivity contribution in [3.05, 3.63) is 36.0 Å². The molecule has 2 aromatic rings. The van der Waals surface area contributed by atoms with E-state index in [-0.39, 0.29) is 12.6 Å². The van der Waals surface area contributed by atoms with Crippen LogP contribution in [-0.2, 0) is 11.2 Å². The Morgan fingerprint density at radius 1 is 1.37 bits per heavy atom. The monoisotopic (exact) mass is 260 g/mol. The first-order valence-electron chi connectivity index (χ1n) is 6.86. The van der Waals surface area contributed by atoms with Crippen molar-refractivity contribution in [2.45, 2.75) is 12.5 Å². The molecule has 0 amide bonds. The van der Waals surface area contributed by atoms with Gasteiger partial charge in [0, 0.05) is 30.2 Å². The number of nitrogens with zero attached hydrogens (tertiary/aromatic N) is 1. The number of ether oxygens (including phenoxy) is 1. The van der Waals surface area contributed by atoms with Crippen LogP contribution in [0.2, 0.25) is 0 Å². The van der Waals surface area contributed by atoms with Gasteiger partial charge < -0.3 is 14.8 Å². The minimum Gasteiger partial charge on any atom is -0.395 e. The Hall–Kier alpha value is -1.36. The zero-order chi connectivity index (χ0) is 13.1. The van der Waals surface area contributed by atoms with Crippen molar-refractivity contribution >= 4 is 10.9 Å². The van der Waals surface area contributed by atoms with Crippen molar-refractivity contribution in [3.8, 4) is 0 Å². The van der Waals surface area contributed by atoms with Gasteiger partial charge in [0.1, 0.15) is 0 Å². The van der Waals surface area contributed by atoms with Gasteiger partial charge in [0.15, 0.2) is 0 Å². The highest BCUT2D eigenvalue weighted by molar-refractivity contribution is 5.83. The van der Waals surface area contributed by atoms with Crippen LogP contribution in [0.3, 0.4) is 0 Å². The van der Waals surface area contributed by atoms with Crippen LogP contribution in [0.25, 0.3) is 10.9 Å². The fourth-order valence-electron chi connectivity index (χ4n) is 2.75. The molecule has 1 unspecified atom stereocenters. The predicted octanol–water partition coefficient (Wildman–Crippen LogP) is 1.40. The van der Waals surface area contributed by atoms with Crippen LogP contribution in [0, 0.1) is 0 Å². The van der Waals surface area contributed by atoms with Crippen molar-refractivity contribution in [3.63, 3.8) is 0 Å². The summed E-state index contributed by atoms with van der Waals surface area (Å²) >= 11 is 0. The molecule has 0 aliphatic carbocycles. The summed E-state index contributed by atoms with van der Waals surface area (Å²) in [5.74, 6) is 0. The number of H-pyrrole nitrogens is 1. The van der Waals surface area contributed by atoms with E-state index in [2.05, 4.69) is 34.3 Å². The van der Waals surface area contributed by atoms with Crippen LogP contribution < -0.4 is 0 Å². The highest BCUT2D eigenvalue weighted by atomic mass is 16.5. The molecule has 1 aromatic carbocycles. The number of para-hydroxylation sites is 1. The maximum Gasteiger partial charge on any atom is 0.0644 e. The van der Waals surface area contributed by atoms with Gasteiger partial charge in [-0.25, -0.2) is 0 Å². The number of aliphatic hydroxyl groups excluding tert-OH is 1. The first-order chi connectivity index (χ1) is 9.38. The maximum atomic E-state index is 9.36. The first-order valence-corrected chi connectivity index (χ1v) is 6.86. The standard InChI is InChI=1S/C15H20N2O2/c18-10-13-11-19-8-7-17(13)6-5-12-9-16-15-4-2-1-3-14(12)15/h1-4,9,13,16,18H,5-8,10-11H2. The van der Waals surface area contributed by atoms with Crippen LogP contribution in [-0.4, -0.2) is 53.9 Å². The molecule has 0 saturated carbocycles. The molecule has 0 bridgehead atoms. The molecule has 1 atom stereocenters. The number of hydrogen-bond donors (Lipinski definition) is 2. The van der Waals surface area contributed by atoms with Gasteiger partial charge in [-0.2, -0.15) is 0 Å². The minimum absolute atomic E-state index is 0.152. The predicted molar refractivity (Wildman–Crippen MR) is 75.3 cm³/mol. The van der Waals surface area contributed by atoms with Crippen molar-refractivity contribution in [1.82, 2.24) is 9.88 Å². The van der Waals surface area contributed by atoms with Crippen LogP contribution in [0.4, 0.5) is 0 Å². The highest BCUT2D eigenvalue weighted by Gasteiger charge is 2.21. The number of nitrogens with one attached hydrogen (secondary N) is 1. The number of morpholine rings is 1. The lowest BCUT2D eigenvalue weighted by Gasteiger charge is -2.34. The Kier molecular flexibility index (Phi) is 3.82.